The smallest absolute Gasteiger partial charge is 0.302 e. The van der Waals surface area contributed by atoms with Crippen molar-refractivity contribution in [3.8, 4) is 0 Å². The average Bonchev–Trinajstić information content (AvgIpc) is 2.15. The highest BCUT2D eigenvalue weighted by molar-refractivity contribution is 5.65. The van der Waals surface area contributed by atoms with Crippen molar-refractivity contribution in [3.05, 3.63) is 0 Å². The molecule has 0 aromatic rings. The summed E-state index contributed by atoms with van der Waals surface area (Å²) >= 11 is 0. The number of carbonyl (C=O) groups excluding carboxylic acids is 1. The summed E-state index contributed by atoms with van der Waals surface area (Å²) in [5, 5.41) is 9.09. The van der Waals surface area contributed by atoms with Crippen LogP contribution in [0.1, 0.15) is 32.6 Å². The molecule has 0 radical (unpaired) electrons. The van der Waals surface area contributed by atoms with Crippen LogP contribution in [-0.2, 0) is 9.53 Å². The molecule has 1 saturated carbocycles. The van der Waals surface area contributed by atoms with Crippen LogP contribution in [0.5, 0.6) is 0 Å². The van der Waals surface area contributed by atoms with E-state index in [1.807, 2.05) is 0 Å². The highest BCUT2D eigenvalue weighted by Gasteiger charge is 2.25. The SMILES string of the molecule is CC(=O)OC[C@H]1CCCC[C@@H]1CO. The molecule has 0 aliphatic heterocycles. The van der Waals surface area contributed by atoms with E-state index in [0.29, 0.717) is 18.4 Å². The second kappa shape index (κ2) is 5.22. The number of esters is 1. The van der Waals surface area contributed by atoms with E-state index in [4.69, 9.17) is 9.84 Å². The summed E-state index contributed by atoms with van der Waals surface area (Å²) in [4.78, 5) is 10.6. The molecule has 1 rings (SSSR count). The van der Waals surface area contributed by atoms with Crippen LogP contribution in [0.4, 0.5) is 0 Å². The van der Waals surface area contributed by atoms with Crippen LogP contribution in [0.2, 0.25) is 0 Å². The normalized spacial score (nSPS) is 28.5. The summed E-state index contributed by atoms with van der Waals surface area (Å²) in [6, 6.07) is 0. The van der Waals surface area contributed by atoms with Crippen LogP contribution in [0.3, 0.4) is 0 Å². The molecule has 0 spiro atoms. The van der Waals surface area contributed by atoms with Gasteiger partial charge in [0.1, 0.15) is 0 Å². The zero-order chi connectivity index (χ0) is 9.68. The van der Waals surface area contributed by atoms with Crippen molar-refractivity contribution < 1.29 is 14.6 Å². The standard InChI is InChI=1S/C10H18O3/c1-8(12)13-7-10-5-3-2-4-9(10)6-11/h9-11H,2-7H2,1H3/t9-,10-/m1/s1. The van der Waals surface area contributed by atoms with E-state index >= 15 is 0 Å². The molecule has 0 heterocycles. The van der Waals surface area contributed by atoms with E-state index in [9.17, 15) is 4.79 Å². The Kier molecular flexibility index (Phi) is 4.22. The summed E-state index contributed by atoms with van der Waals surface area (Å²) in [5.74, 6) is 0.498. The summed E-state index contributed by atoms with van der Waals surface area (Å²) in [5.41, 5.74) is 0. The quantitative estimate of drug-likeness (QED) is 0.677. The first-order chi connectivity index (χ1) is 6.24. The molecule has 1 aliphatic rings. The second-order valence-electron chi connectivity index (χ2n) is 3.79. The van der Waals surface area contributed by atoms with E-state index < -0.39 is 0 Å². The van der Waals surface area contributed by atoms with Gasteiger partial charge in [-0.3, -0.25) is 4.79 Å². The molecule has 0 bridgehead atoms. The second-order valence-corrected chi connectivity index (χ2v) is 3.79. The summed E-state index contributed by atoms with van der Waals surface area (Å²) < 4.78 is 4.96. The molecule has 3 nitrogen and oxygen atoms in total. The molecular formula is C10H18O3. The maximum absolute atomic E-state index is 10.6. The van der Waals surface area contributed by atoms with E-state index in [1.165, 1.54) is 19.8 Å². The van der Waals surface area contributed by atoms with Gasteiger partial charge in [0, 0.05) is 13.5 Å². The topological polar surface area (TPSA) is 46.5 Å². The first kappa shape index (κ1) is 10.5. The molecule has 1 fully saturated rings. The molecule has 1 aliphatic carbocycles. The summed E-state index contributed by atoms with van der Waals surface area (Å²) in [6.45, 7) is 2.14. The van der Waals surface area contributed by atoms with Crippen molar-refractivity contribution >= 4 is 5.97 Å². The van der Waals surface area contributed by atoms with Crippen molar-refractivity contribution in [2.45, 2.75) is 32.6 Å². The van der Waals surface area contributed by atoms with Crippen LogP contribution in [0.25, 0.3) is 0 Å². The van der Waals surface area contributed by atoms with E-state index in [2.05, 4.69) is 0 Å². The van der Waals surface area contributed by atoms with Crippen molar-refractivity contribution in [2.75, 3.05) is 13.2 Å². The zero-order valence-electron chi connectivity index (χ0n) is 8.16. The number of ether oxygens (including phenoxy) is 1. The Labute approximate surface area is 79.1 Å². The molecule has 2 atom stereocenters. The average molecular weight is 186 g/mol. The van der Waals surface area contributed by atoms with E-state index in [-0.39, 0.29) is 12.6 Å². The van der Waals surface area contributed by atoms with Crippen molar-refractivity contribution in [1.82, 2.24) is 0 Å². The zero-order valence-corrected chi connectivity index (χ0v) is 8.16. The van der Waals surface area contributed by atoms with Crippen LogP contribution in [-0.4, -0.2) is 24.3 Å². The third-order valence-electron chi connectivity index (χ3n) is 2.80. The minimum atomic E-state index is -0.220. The molecular weight excluding hydrogens is 168 g/mol. The maximum atomic E-state index is 10.6. The minimum absolute atomic E-state index is 0.220. The molecule has 0 amide bonds. The molecule has 1 N–H and O–H groups in total. The minimum Gasteiger partial charge on any atom is -0.466 e. The molecule has 0 saturated heterocycles. The van der Waals surface area contributed by atoms with Gasteiger partial charge >= 0.3 is 5.97 Å². The highest BCUT2D eigenvalue weighted by Crippen LogP contribution is 2.29. The van der Waals surface area contributed by atoms with Crippen LogP contribution >= 0.6 is 0 Å². The van der Waals surface area contributed by atoms with Gasteiger partial charge < -0.3 is 9.84 Å². The van der Waals surface area contributed by atoms with Gasteiger partial charge in [0.05, 0.1) is 6.61 Å². The Morgan fingerprint density at radius 2 is 2.00 bits per heavy atom. The summed E-state index contributed by atoms with van der Waals surface area (Å²) in [6.07, 6.45) is 4.55. The fourth-order valence-corrected chi connectivity index (χ4v) is 1.97. The van der Waals surface area contributed by atoms with Crippen molar-refractivity contribution in [1.29, 1.82) is 0 Å². The van der Waals surface area contributed by atoms with Gasteiger partial charge in [0.15, 0.2) is 0 Å². The lowest BCUT2D eigenvalue weighted by atomic mass is 9.80. The lowest BCUT2D eigenvalue weighted by Crippen LogP contribution is -2.27. The van der Waals surface area contributed by atoms with Gasteiger partial charge in [-0.25, -0.2) is 0 Å². The lowest BCUT2D eigenvalue weighted by Gasteiger charge is -2.29. The third-order valence-corrected chi connectivity index (χ3v) is 2.80. The molecule has 3 heteroatoms. The number of aliphatic hydroxyl groups excluding tert-OH is 1. The largest absolute Gasteiger partial charge is 0.466 e. The first-order valence-electron chi connectivity index (χ1n) is 4.98. The molecule has 0 aromatic carbocycles. The number of carbonyl (C=O) groups is 1. The van der Waals surface area contributed by atoms with Gasteiger partial charge in [-0.05, 0) is 24.7 Å². The van der Waals surface area contributed by atoms with E-state index in [0.717, 1.165) is 12.8 Å². The Morgan fingerprint density at radius 3 is 2.54 bits per heavy atom. The molecule has 0 aromatic heterocycles. The van der Waals surface area contributed by atoms with Gasteiger partial charge in [-0.1, -0.05) is 12.8 Å². The fraction of sp³-hybridized carbons (Fsp3) is 0.900. The Morgan fingerprint density at radius 1 is 1.38 bits per heavy atom. The Bertz CT molecular complexity index is 168. The van der Waals surface area contributed by atoms with E-state index in [1.54, 1.807) is 0 Å². The Hall–Kier alpha value is -0.570. The number of hydrogen-bond donors (Lipinski definition) is 1. The lowest BCUT2D eigenvalue weighted by molar-refractivity contribution is -0.143. The van der Waals surface area contributed by atoms with Crippen molar-refractivity contribution in [3.63, 3.8) is 0 Å². The maximum Gasteiger partial charge on any atom is 0.302 e. The first-order valence-corrected chi connectivity index (χ1v) is 4.98. The van der Waals surface area contributed by atoms with Crippen LogP contribution in [0, 0.1) is 11.8 Å². The Balaban J connectivity index is 2.31. The van der Waals surface area contributed by atoms with Gasteiger partial charge in [0.2, 0.25) is 0 Å². The predicted octanol–water partition coefficient (Wildman–Crippen LogP) is 1.35. The van der Waals surface area contributed by atoms with Crippen LogP contribution < -0.4 is 0 Å². The third kappa shape index (κ3) is 3.35. The van der Waals surface area contributed by atoms with Gasteiger partial charge in [-0.2, -0.15) is 0 Å². The number of aliphatic hydroxyl groups is 1. The molecule has 76 valence electrons. The number of rotatable bonds is 3. The fourth-order valence-electron chi connectivity index (χ4n) is 1.97. The predicted molar refractivity (Wildman–Crippen MR) is 49.2 cm³/mol. The molecule has 13 heavy (non-hydrogen) atoms. The van der Waals surface area contributed by atoms with Crippen LogP contribution in [0.15, 0.2) is 0 Å². The highest BCUT2D eigenvalue weighted by atomic mass is 16.5. The van der Waals surface area contributed by atoms with Gasteiger partial charge in [-0.15, -0.1) is 0 Å². The summed E-state index contributed by atoms with van der Waals surface area (Å²) in [7, 11) is 0. The number of hydrogen-bond acceptors (Lipinski definition) is 3. The molecule has 0 unspecified atom stereocenters. The monoisotopic (exact) mass is 186 g/mol. The van der Waals surface area contributed by atoms with Gasteiger partial charge in [0.25, 0.3) is 0 Å². The van der Waals surface area contributed by atoms with Crippen molar-refractivity contribution in [2.24, 2.45) is 11.8 Å².